The lowest BCUT2D eigenvalue weighted by molar-refractivity contribution is 0.0783. The first-order valence-corrected chi connectivity index (χ1v) is 11.1. The molecule has 10 heteroatoms. The number of carbonyl (C=O) groups excluding carboxylic acids is 1. The average Bonchev–Trinajstić information content (AvgIpc) is 2.93. The first-order chi connectivity index (χ1) is 14.3. The second-order valence-electron chi connectivity index (χ2n) is 6.93. The molecule has 0 saturated heterocycles. The van der Waals surface area contributed by atoms with Gasteiger partial charge in [-0.1, -0.05) is 43.6 Å². The number of ether oxygens (including phenoxy) is 1. The van der Waals surface area contributed by atoms with Crippen LogP contribution in [-0.4, -0.2) is 34.7 Å². The zero-order valence-electron chi connectivity index (χ0n) is 16.2. The molecule has 156 valence electrons. The highest BCUT2D eigenvalue weighted by Gasteiger charge is 2.43. The van der Waals surface area contributed by atoms with Crippen molar-refractivity contribution in [1.82, 2.24) is 13.7 Å². The van der Waals surface area contributed by atoms with Gasteiger partial charge in [0.15, 0.2) is 11.8 Å². The maximum atomic E-state index is 13.0. The number of halogens is 1. The number of hydrogen-bond donors (Lipinski definition) is 0. The molecule has 1 aliphatic heterocycles. The maximum Gasteiger partial charge on any atom is 0.295 e. The number of sulfonamides is 1. The molecule has 2 aromatic heterocycles. The Morgan fingerprint density at radius 2 is 1.93 bits per heavy atom. The Morgan fingerprint density at radius 3 is 2.67 bits per heavy atom. The lowest BCUT2D eigenvalue weighted by Gasteiger charge is -2.18. The molecule has 1 aromatic carbocycles. The van der Waals surface area contributed by atoms with Crippen LogP contribution in [0.15, 0.2) is 52.3 Å². The Bertz CT molecular complexity index is 1340. The van der Waals surface area contributed by atoms with Crippen LogP contribution in [0.1, 0.15) is 42.1 Å². The Morgan fingerprint density at radius 1 is 1.17 bits per heavy atom. The molecule has 3 heterocycles. The second-order valence-corrected chi connectivity index (χ2v) is 9.14. The van der Waals surface area contributed by atoms with E-state index in [1.165, 1.54) is 10.5 Å². The Hall–Kier alpha value is -2.91. The van der Waals surface area contributed by atoms with E-state index in [-0.39, 0.29) is 32.9 Å². The molecule has 0 spiro atoms. The van der Waals surface area contributed by atoms with E-state index in [4.69, 9.17) is 16.3 Å². The molecule has 0 aliphatic carbocycles. The summed E-state index contributed by atoms with van der Waals surface area (Å²) in [5.74, 6) is -0.742. The summed E-state index contributed by atoms with van der Waals surface area (Å²) in [6.07, 6.45) is 2.32. The van der Waals surface area contributed by atoms with E-state index in [0.29, 0.717) is 9.87 Å². The predicted molar refractivity (Wildman–Crippen MR) is 110 cm³/mol. The molecule has 1 unspecified atom stereocenters. The zero-order chi connectivity index (χ0) is 21.6. The fourth-order valence-electron chi connectivity index (χ4n) is 3.40. The van der Waals surface area contributed by atoms with Crippen molar-refractivity contribution in [1.29, 1.82) is 0 Å². The number of amides is 1. The molecular formula is C20H18ClN3O5S. The predicted octanol–water partition coefficient (Wildman–Crippen LogP) is 3.04. The van der Waals surface area contributed by atoms with Crippen molar-refractivity contribution in [3.05, 3.63) is 69.1 Å². The maximum absolute atomic E-state index is 13.0. The molecular weight excluding hydrogens is 430 g/mol. The third-order valence-electron chi connectivity index (χ3n) is 5.18. The van der Waals surface area contributed by atoms with E-state index in [2.05, 4.69) is 4.98 Å². The lowest BCUT2D eigenvalue weighted by atomic mass is 9.93. The molecule has 1 aliphatic rings. The number of benzene rings is 1. The van der Waals surface area contributed by atoms with Crippen LogP contribution in [-0.2, 0) is 10.0 Å². The third-order valence-corrected chi connectivity index (χ3v) is 7.25. The smallest absolute Gasteiger partial charge is 0.295 e. The SMILES string of the molecule is CCC(C)c1cccc2c1C(=O)N(COc1c(Cl)c(=O)nc3ccccn13)S2(=O)=O. The van der Waals surface area contributed by atoms with Crippen LogP contribution in [0.4, 0.5) is 0 Å². The number of nitrogens with zero attached hydrogens (tertiary/aromatic N) is 3. The van der Waals surface area contributed by atoms with E-state index < -0.39 is 28.2 Å². The monoisotopic (exact) mass is 447 g/mol. The summed E-state index contributed by atoms with van der Waals surface area (Å²) >= 11 is 6.07. The highest BCUT2D eigenvalue weighted by molar-refractivity contribution is 7.90. The third kappa shape index (κ3) is 3.05. The van der Waals surface area contributed by atoms with Gasteiger partial charge in [0.2, 0.25) is 5.88 Å². The van der Waals surface area contributed by atoms with Gasteiger partial charge in [0, 0.05) is 6.20 Å². The van der Waals surface area contributed by atoms with Crippen LogP contribution in [0.3, 0.4) is 0 Å². The molecule has 8 nitrogen and oxygen atoms in total. The minimum atomic E-state index is -4.09. The van der Waals surface area contributed by atoms with Crippen LogP contribution in [0, 0.1) is 0 Å². The second kappa shape index (κ2) is 7.41. The number of carbonyl (C=O) groups is 1. The summed E-state index contributed by atoms with van der Waals surface area (Å²) in [6.45, 7) is 3.27. The van der Waals surface area contributed by atoms with Gasteiger partial charge in [0.05, 0.1) is 5.56 Å². The zero-order valence-corrected chi connectivity index (χ0v) is 17.8. The van der Waals surface area contributed by atoms with Crippen LogP contribution in [0.2, 0.25) is 5.02 Å². The van der Waals surface area contributed by atoms with Crippen molar-refractivity contribution in [2.75, 3.05) is 6.73 Å². The van der Waals surface area contributed by atoms with Gasteiger partial charge in [-0.2, -0.15) is 9.29 Å². The Balaban J connectivity index is 1.74. The minimum Gasteiger partial charge on any atom is -0.455 e. The van der Waals surface area contributed by atoms with E-state index in [9.17, 15) is 18.0 Å². The lowest BCUT2D eigenvalue weighted by Crippen LogP contribution is -2.34. The van der Waals surface area contributed by atoms with Crippen molar-refractivity contribution in [2.45, 2.75) is 31.1 Å². The van der Waals surface area contributed by atoms with Crippen LogP contribution in [0.5, 0.6) is 5.88 Å². The first kappa shape index (κ1) is 20.4. The number of rotatable bonds is 5. The first-order valence-electron chi connectivity index (χ1n) is 9.27. The molecule has 0 bridgehead atoms. The quantitative estimate of drug-likeness (QED) is 0.596. The average molecular weight is 448 g/mol. The highest BCUT2D eigenvalue weighted by Crippen LogP contribution is 2.36. The number of hydrogen-bond acceptors (Lipinski definition) is 6. The summed E-state index contributed by atoms with van der Waals surface area (Å²) in [5.41, 5.74) is 0.406. The molecule has 3 aromatic rings. The van der Waals surface area contributed by atoms with Crippen molar-refractivity contribution in [3.8, 4) is 5.88 Å². The largest absolute Gasteiger partial charge is 0.455 e. The summed E-state index contributed by atoms with van der Waals surface area (Å²) < 4.78 is 33.7. The van der Waals surface area contributed by atoms with Gasteiger partial charge in [0.1, 0.15) is 10.5 Å². The fourth-order valence-corrected chi connectivity index (χ4v) is 5.04. The number of aromatic nitrogens is 2. The molecule has 4 rings (SSSR count). The van der Waals surface area contributed by atoms with Gasteiger partial charge < -0.3 is 4.74 Å². The van der Waals surface area contributed by atoms with E-state index >= 15 is 0 Å². The van der Waals surface area contributed by atoms with Crippen LogP contribution < -0.4 is 10.3 Å². The minimum absolute atomic E-state index is 0.0112. The summed E-state index contributed by atoms with van der Waals surface area (Å²) in [4.78, 5) is 28.9. The number of fused-ring (bicyclic) bond motifs is 2. The molecule has 0 N–H and O–H groups in total. The van der Waals surface area contributed by atoms with Gasteiger partial charge >= 0.3 is 0 Å². The van der Waals surface area contributed by atoms with Crippen LogP contribution in [0.25, 0.3) is 5.65 Å². The van der Waals surface area contributed by atoms with E-state index in [0.717, 1.165) is 6.42 Å². The summed E-state index contributed by atoms with van der Waals surface area (Å²) in [7, 11) is -4.09. The fraction of sp³-hybridized carbons (Fsp3) is 0.250. The Labute approximate surface area is 177 Å². The Kier molecular flexibility index (Phi) is 5.03. The van der Waals surface area contributed by atoms with Gasteiger partial charge in [-0.3, -0.25) is 14.0 Å². The summed E-state index contributed by atoms with van der Waals surface area (Å²) in [5, 5.41) is -0.305. The van der Waals surface area contributed by atoms with Gasteiger partial charge in [-0.05, 0) is 36.1 Å². The summed E-state index contributed by atoms with van der Waals surface area (Å²) in [6, 6.07) is 9.74. The molecule has 30 heavy (non-hydrogen) atoms. The highest BCUT2D eigenvalue weighted by atomic mass is 35.5. The van der Waals surface area contributed by atoms with Gasteiger partial charge in [0.25, 0.3) is 21.5 Å². The standard InChI is InChI=1S/C20H18ClN3O5S/c1-3-12(2)13-7-6-8-14-16(13)19(26)24(30(14,27)28)11-29-20-17(21)18(25)22-15-9-4-5-10-23(15)20/h4-10,12H,3,11H2,1-2H3. The molecule has 1 amide bonds. The molecule has 0 radical (unpaired) electrons. The number of pyridine rings is 1. The molecule has 0 fully saturated rings. The van der Waals surface area contributed by atoms with Crippen LogP contribution >= 0.6 is 11.6 Å². The topological polar surface area (TPSA) is 98.0 Å². The molecule has 0 saturated carbocycles. The van der Waals surface area contributed by atoms with Gasteiger partial charge in [-0.25, -0.2) is 8.42 Å². The van der Waals surface area contributed by atoms with Crippen molar-refractivity contribution in [2.24, 2.45) is 0 Å². The molecule has 1 atom stereocenters. The van der Waals surface area contributed by atoms with Crippen molar-refractivity contribution in [3.63, 3.8) is 0 Å². The van der Waals surface area contributed by atoms with Crippen molar-refractivity contribution < 1.29 is 17.9 Å². The normalized spacial score (nSPS) is 16.0. The van der Waals surface area contributed by atoms with Crippen molar-refractivity contribution >= 4 is 33.2 Å². The van der Waals surface area contributed by atoms with E-state index in [1.807, 2.05) is 13.8 Å². The van der Waals surface area contributed by atoms with E-state index in [1.54, 1.807) is 36.5 Å². The van der Waals surface area contributed by atoms with Gasteiger partial charge in [-0.15, -0.1) is 0 Å².